The summed E-state index contributed by atoms with van der Waals surface area (Å²) >= 11 is 0. The lowest BCUT2D eigenvalue weighted by Gasteiger charge is -2.35. The van der Waals surface area contributed by atoms with E-state index in [2.05, 4.69) is 5.32 Å². The van der Waals surface area contributed by atoms with Crippen molar-refractivity contribution in [1.82, 2.24) is 4.90 Å². The highest BCUT2D eigenvalue weighted by atomic mass is 16.6. The summed E-state index contributed by atoms with van der Waals surface area (Å²) < 4.78 is 5.54. The second-order valence-corrected chi connectivity index (χ2v) is 7.51. The van der Waals surface area contributed by atoms with Crippen LogP contribution in [-0.4, -0.2) is 22.9 Å². The monoisotopic (exact) mass is 400 g/mol. The first-order chi connectivity index (χ1) is 14.6. The Morgan fingerprint density at radius 1 is 0.933 bits per heavy atom. The minimum Gasteiger partial charge on any atom is -0.445 e. The van der Waals surface area contributed by atoms with Crippen LogP contribution < -0.4 is 5.32 Å². The van der Waals surface area contributed by atoms with Gasteiger partial charge in [0.2, 0.25) is 5.91 Å². The molecule has 3 aromatic rings. The number of fused-ring (bicyclic) bond motifs is 1. The Balaban J connectivity index is 1.52. The molecule has 0 fully saturated rings. The van der Waals surface area contributed by atoms with E-state index < -0.39 is 12.1 Å². The molecule has 1 unspecified atom stereocenters. The van der Waals surface area contributed by atoms with Gasteiger partial charge in [0, 0.05) is 12.1 Å². The molecule has 1 aliphatic rings. The number of aryl methyl sites for hydroxylation is 1. The number of amides is 2. The van der Waals surface area contributed by atoms with Crippen molar-refractivity contribution in [3.05, 3.63) is 101 Å². The summed E-state index contributed by atoms with van der Waals surface area (Å²) in [7, 11) is 0. The number of carbonyl (C=O) groups excluding carboxylic acids is 2. The first-order valence-electron chi connectivity index (χ1n) is 10.0. The Kier molecular flexibility index (Phi) is 5.80. The third-order valence-corrected chi connectivity index (χ3v) is 5.31. The third-order valence-electron chi connectivity index (χ3n) is 5.31. The van der Waals surface area contributed by atoms with Crippen LogP contribution in [-0.2, 0) is 29.1 Å². The van der Waals surface area contributed by atoms with Gasteiger partial charge in [-0.3, -0.25) is 9.69 Å². The quantitative estimate of drug-likeness (QED) is 0.691. The molecule has 1 N–H and O–H groups in total. The zero-order valence-corrected chi connectivity index (χ0v) is 16.9. The number of rotatable bonds is 4. The van der Waals surface area contributed by atoms with Gasteiger partial charge in [0.25, 0.3) is 0 Å². The Hall–Kier alpha value is -3.60. The maximum atomic E-state index is 13.1. The van der Waals surface area contributed by atoms with Gasteiger partial charge in [0.1, 0.15) is 12.6 Å². The van der Waals surface area contributed by atoms with Gasteiger partial charge >= 0.3 is 6.09 Å². The molecule has 0 saturated carbocycles. The van der Waals surface area contributed by atoms with Crippen LogP contribution >= 0.6 is 0 Å². The summed E-state index contributed by atoms with van der Waals surface area (Å²) in [6.45, 7) is 2.51. The molecular weight excluding hydrogens is 376 g/mol. The Bertz CT molecular complexity index is 1030. The lowest BCUT2D eigenvalue weighted by Crippen LogP contribution is -2.50. The van der Waals surface area contributed by atoms with Crippen LogP contribution in [0.4, 0.5) is 10.5 Å². The van der Waals surface area contributed by atoms with Crippen LogP contribution in [0, 0.1) is 6.92 Å². The van der Waals surface area contributed by atoms with Gasteiger partial charge < -0.3 is 10.1 Å². The van der Waals surface area contributed by atoms with E-state index >= 15 is 0 Å². The first-order valence-corrected chi connectivity index (χ1v) is 10.0. The van der Waals surface area contributed by atoms with Gasteiger partial charge in [0.15, 0.2) is 0 Å². The smallest absolute Gasteiger partial charge is 0.411 e. The zero-order valence-electron chi connectivity index (χ0n) is 16.9. The van der Waals surface area contributed by atoms with Crippen molar-refractivity contribution in [2.75, 3.05) is 5.32 Å². The number of carbonyl (C=O) groups is 2. The van der Waals surface area contributed by atoms with Crippen molar-refractivity contribution in [2.24, 2.45) is 0 Å². The number of anilines is 1. The van der Waals surface area contributed by atoms with Crippen molar-refractivity contribution < 1.29 is 14.3 Å². The highest BCUT2D eigenvalue weighted by Crippen LogP contribution is 2.25. The van der Waals surface area contributed by atoms with Gasteiger partial charge in [-0.05, 0) is 35.7 Å². The molecule has 2 amide bonds. The van der Waals surface area contributed by atoms with Crippen LogP contribution in [0.3, 0.4) is 0 Å². The largest absolute Gasteiger partial charge is 0.445 e. The number of hydrogen-bond donors (Lipinski definition) is 1. The molecule has 0 saturated heterocycles. The summed E-state index contributed by atoms with van der Waals surface area (Å²) in [6, 6.07) is 24.4. The predicted molar refractivity (Wildman–Crippen MR) is 116 cm³/mol. The zero-order chi connectivity index (χ0) is 20.9. The first kappa shape index (κ1) is 19.7. The van der Waals surface area contributed by atoms with Crippen LogP contribution in [0.25, 0.3) is 0 Å². The van der Waals surface area contributed by atoms with E-state index in [0.29, 0.717) is 18.7 Å². The minimum atomic E-state index is -0.635. The maximum Gasteiger partial charge on any atom is 0.411 e. The summed E-state index contributed by atoms with van der Waals surface area (Å²) in [6.07, 6.45) is -0.0358. The van der Waals surface area contributed by atoms with Crippen molar-refractivity contribution in [3.63, 3.8) is 0 Å². The molecule has 152 valence electrons. The van der Waals surface area contributed by atoms with Gasteiger partial charge in [-0.15, -0.1) is 0 Å². The second kappa shape index (κ2) is 8.82. The van der Waals surface area contributed by atoms with E-state index in [-0.39, 0.29) is 12.5 Å². The van der Waals surface area contributed by atoms with Crippen LogP contribution in [0.5, 0.6) is 0 Å². The number of benzene rings is 3. The molecule has 0 bridgehead atoms. The number of nitrogens with zero attached hydrogens (tertiary/aromatic N) is 1. The van der Waals surface area contributed by atoms with E-state index in [1.807, 2.05) is 85.8 Å². The molecule has 0 aromatic heterocycles. The topological polar surface area (TPSA) is 58.6 Å². The molecule has 3 aromatic carbocycles. The fraction of sp³-hybridized carbons (Fsp3) is 0.200. The molecule has 1 aliphatic heterocycles. The number of ether oxygens (including phenoxy) is 1. The lowest BCUT2D eigenvalue weighted by atomic mass is 9.94. The average Bonchev–Trinajstić information content (AvgIpc) is 2.78. The molecule has 30 heavy (non-hydrogen) atoms. The minimum absolute atomic E-state index is 0.171. The fourth-order valence-electron chi connectivity index (χ4n) is 3.61. The molecule has 5 heteroatoms. The molecule has 0 radical (unpaired) electrons. The molecule has 1 atom stereocenters. The van der Waals surface area contributed by atoms with Crippen molar-refractivity contribution in [1.29, 1.82) is 0 Å². The van der Waals surface area contributed by atoms with Crippen molar-refractivity contribution >= 4 is 17.7 Å². The standard InChI is InChI=1S/C25H24N2O3/c1-18-11-13-22(14-12-18)26-24(28)23-15-20-9-5-6-10-21(20)16-27(23)25(29)30-17-19-7-3-2-4-8-19/h2-14,23H,15-17H2,1H3,(H,26,28). The van der Waals surface area contributed by atoms with Gasteiger partial charge in [-0.2, -0.15) is 0 Å². The Labute approximate surface area is 176 Å². The van der Waals surface area contributed by atoms with Crippen LogP contribution in [0.15, 0.2) is 78.9 Å². The summed E-state index contributed by atoms with van der Waals surface area (Å²) in [5, 5.41) is 2.94. The van der Waals surface area contributed by atoms with Crippen LogP contribution in [0.2, 0.25) is 0 Å². The summed E-state index contributed by atoms with van der Waals surface area (Å²) in [5.74, 6) is -0.218. The summed E-state index contributed by atoms with van der Waals surface area (Å²) in [4.78, 5) is 27.5. The van der Waals surface area contributed by atoms with E-state index in [0.717, 1.165) is 22.3 Å². The Morgan fingerprint density at radius 2 is 1.60 bits per heavy atom. The molecular formula is C25H24N2O3. The van der Waals surface area contributed by atoms with E-state index in [1.165, 1.54) is 4.90 Å². The van der Waals surface area contributed by atoms with E-state index in [1.54, 1.807) is 0 Å². The van der Waals surface area contributed by atoms with Gasteiger partial charge in [-0.25, -0.2) is 4.79 Å². The second-order valence-electron chi connectivity index (χ2n) is 7.51. The molecule has 4 rings (SSSR count). The highest BCUT2D eigenvalue weighted by molar-refractivity contribution is 5.97. The molecule has 5 nitrogen and oxygen atoms in total. The molecule has 0 aliphatic carbocycles. The highest BCUT2D eigenvalue weighted by Gasteiger charge is 2.35. The number of hydrogen-bond acceptors (Lipinski definition) is 3. The predicted octanol–water partition coefficient (Wildman–Crippen LogP) is 4.70. The normalized spacial score (nSPS) is 15.2. The van der Waals surface area contributed by atoms with Gasteiger partial charge in [0.05, 0.1) is 6.54 Å². The SMILES string of the molecule is Cc1ccc(NC(=O)C2Cc3ccccc3CN2C(=O)OCc2ccccc2)cc1. The average molecular weight is 400 g/mol. The lowest BCUT2D eigenvalue weighted by molar-refractivity contribution is -0.121. The van der Waals surface area contributed by atoms with Crippen molar-refractivity contribution in [3.8, 4) is 0 Å². The Morgan fingerprint density at radius 3 is 2.33 bits per heavy atom. The third kappa shape index (κ3) is 4.51. The van der Waals surface area contributed by atoms with E-state index in [4.69, 9.17) is 4.74 Å². The summed E-state index contributed by atoms with van der Waals surface area (Å²) in [5.41, 5.74) is 4.85. The molecule has 1 heterocycles. The number of nitrogens with one attached hydrogen (secondary N) is 1. The van der Waals surface area contributed by atoms with Crippen molar-refractivity contribution in [2.45, 2.75) is 32.5 Å². The molecule has 0 spiro atoms. The van der Waals surface area contributed by atoms with E-state index in [9.17, 15) is 9.59 Å². The van der Waals surface area contributed by atoms with Gasteiger partial charge in [-0.1, -0.05) is 72.3 Å². The maximum absolute atomic E-state index is 13.1. The fourth-order valence-corrected chi connectivity index (χ4v) is 3.61. The van der Waals surface area contributed by atoms with Crippen LogP contribution in [0.1, 0.15) is 22.3 Å².